The van der Waals surface area contributed by atoms with Crippen LogP contribution in [-0.2, 0) is 9.59 Å². The molecule has 0 unspecified atom stereocenters. The van der Waals surface area contributed by atoms with Crippen molar-refractivity contribution < 1.29 is 9.59 Å². The molecule has 0 N–H and O–H groups in total. The Hall–Kier alpha value is -1.08. The molecule has 0 saturated heterocycles. The highest BCUT2D eigenvalue weighted by Gasteiger charge is 2.14. The fourth-order valence-electron chi connectivity index (χ4n) is 0.284. The summed E-state index contributed by atoms with van der Waals surface area (Å²) < 4.78 is 0. The summed E-state index contributed by atoms with van der Waals surface area (Å²) in [4.78, 5) is 20.2. The Kier molecular flexibility index (Phi) is 5.13. The molecule has 0 amide bonds. The number of hydrogen-bond acceptors (Lipinski definition) is 4. The molecule has 58 valence electrons. The number of nitrogens with zero attached hydrogens (tertiary/aromatic N) is 1. The second-order valence-electron chi connectivity index (χ2n) is 1.58. The van der Waals surface area contributed by atoms with Crippen molar-refractivity contribution in [3.63, 3.8) is 0 Å². The van der Waals surface area contributed by atoms with Crippen LogP contribution in [0.25, 0.3) is 0 Å². The van der Waals surface area contributed by atoms with E-state index in [1.54, 1.807) is 0 Å². The number of carbonyl (C=O) groups is 2. The predicted molar refractivity (Wildman–Crippen MR) is 42.6 cm³/mol. The van der Waals surface area contributed by atoms with Crippen molar-refractivity contribution in [3.05, 3.63) is 11.5 Å². The van der Waals surface area contributed by atoms with Crippen molar-refractivity contribution in [2.45, 2.75) is 13.3 Å². The number of ketones is 1. The van der Waals surface area contributed by atoms with Crippen LogP contribution < -0.4 is 0 Å². The van der Waals surface area contributed by atoms with Gasteiger partial charge in [0, 0.05) is 6.42 Å². The lowest BCUT2D eigenvalue weighted by molar-refractivity contribution is -0.128. The Morgan fingerprint density at radius 3 is 2.27 bits per heavy atom. The van der Waals surface area contributed by atoms with Gasteiger partial charge in [-0.2, -0.15) is 5.26 Å². The molecule has 0 bridgehead atoms. The van der Waals surface area contributed by atoms with Gasteiger partial charge in [0.05, 0.1) is 6.07 Å². The van der Waals surface area contributed by atoms with Crippen LogP contribution in [0.1, 0.15) is 13.3 Å². The van der Waals surface area contributed by atoms with E-state index in [-0.39, 0.29) is 5.12 Å². The summed E-state index contributed by atoms with van der Waals surface area (Å²) in [6, 6.07) is 1.93. The molecule has 0 saturated carbocycles. The van der Waals surface area contributed by atoms with Crippen LogP contribution in [0.4, 0.5) is 0 Å². The smallest absolute Gasteiger partial charge is 0.263 e. The first-order valence-electron chi connectivity index (χ1n) is 3.00. The molecule has 0 atom stereocenters. The van der Waals surface area contributed by atoms with Gasteiger partial charge in [0.25, 0.3) is 5.12 Å². The van der Waals surface area contributed by atoms with Crippen molar-refractivity contribution in [1.29, 1.82) is 5.26 Å². The number of hydrogen-bond donors (Lipinski definition) is 0. The van der Waals surface area contributed by atoms with Gasteiger partial charge >= 0.3 is 0 Å². The molecule has 0 fully saturated rings. The molecule has 1 heterocycles. The molecule has 0 aromatic rings. The lowest BCUT2D eigenvalue weighted by Crippen LogP contribution is -1.98. The maximum absolute atomic E-state index is 10.1. The monoisotopic (exact) mass is 169 g/mol. The van der Waals surface area contributed by atoms with Crippen LogP contribution >= 0.6 is 11.8 Å². The van der Waals surface area contributed by atoms with Crippen molar-refractivity contribution in [2.75, 3.05) is 0 Å². The average Bonchev–Trinajstić information content (AvgIpc) is 2.37. The van der Waals surface area contributed by atoms with Gasteiger partial charge in [-0.3, -0.25) is 9.59 Å². The van der Waals surface area contributed by atoms with E-state index in [0.717, 1.165) is 11.8 Å². The molecular weight excluding hydrogens is 162 g/mol. The summed E-state index contributed by atoms with van der Waals surface area (Å²) in [5, 5.41) is 8.74. The molecule has 1 aliphatic heterocycles. The molecule has 11 heavy (non-hydrogen) atoms. The number of allylic oxidation sites excluding steroid dienone is 1. The predicted octanol–water partition coefficient (Wildman–Crippen LogP) is 1.26. The summed E-state index contributed by atoms with van der Waals surface area (Å²) in [6.45, 7) is 1.82. The lowest BCUT2D eigenvalue weighted by Gasteiger charge is -1.72. The van der Waals surface area contributed by atoms with Gasteiger partial charge in [0.15, 0.2) is 0 Å². The van der Waals surface area contributed by atoms with E-state index in [1.165, 1.54) is 11.5 Å². The summed E-state index contributed by atoms with van der Waals surface area (Å²) >= 11 is 0.936. The van der Waals surface area contributed by atoms with Crippen molar-refractivity contribution in [2.24, 2.45) is 0 Å². The molecule has 0 radical (unpaired) electrons. The van der Waals surface area contributed by atoms with Gasteiger partial charge in [-0.05, 0) is 11.5 Å². The Morgan fingerprint density at radius 2 is 2.18 bits per heavy atom. The van der Waals surface area contributed by atoms with E-state index in [1.807, 2.05) is 13.0 Å². The summed E-state index contributed by atoms with van der Waals surface area (Å²) in [6.07, 6.45) is 1.90. The van der Waals surface area contributed by atoms with E-state index in [0.29, 0.717) is 6.42 Å². The van der Waals surface area contributed by atoms with Crippen molar-refractivity contribution in [1.82, 2.24) is 0 Å². The summed E-state index contributed by atoms with van der Waals surface area (Å²) in [5.74, 6) is -0.398. The number of nitriles is 1. The van der Waals surface area contributed by atoms with Crippen molar-refractivity contribution >= 4 is 22.7 Å². The fraction of sp³-hybridized carbons (Fsp3) is 0.286. The molecule has 1 aliphatic rings. The Bertz CT molecular complexity index is 227. The van der Waals surface area contributed by atoms with E-state index < -0.39 is 5.78 Å². The zero-order valence-electron chi connectivity index (χ0n) is 6.03. The Labute approximate surface area is 69.1 Å². The first kappa shape index (κ1) is 9.92. The second kappa shape index (κ2) is 5.69. The SMILES string of the molecule is CCC#N.O=C1C=CSC1=O. The van der Waals surface area contributed by atoms with Gasteiger partial charge in [0.1, 0.15) is 0 Å². The highest BCUT2D eigenvalue weighted by Crippen LogP contribution is 2.11. The average molecular weight is 169 g/mol. The third-order valence-electron chi connectivity index (χ3n) is 0.754. The molecule has 0 aromatic heterocycles. The fourth-order valence-corrected chi connectivity index (χ4v) is 0.783. The normalized spacial score (nSPS) is 13.8. The molecule has 4 heteroatoms. The largest absolute Gasteiger partial charge is 0.285 e. The highest BCUT2D eigenvalue weighted by molar-refractivity contribution is 8.18. The Balaban J connectivity index is 0.000000218. The topological polar surface area (TPSA) is 57.9 Å². The van der Waals surface area contributed by atoms with Gasteiger partial charge in [-0.15, -0.1) is 0 Å². The van der Waals surface area contributed by atoms with Gasteiger partial charge in [0.2, 0.25) is 5.78 Å². The van der Waals surface area contributed by atoms with Crippen LogP contribution in [0.15, 0.2) is 11.5 Å². The van der Waals surface area contributed by atoms with Crippen LogP contribution in [0.5, 0.6) is 0 Å². The zero-order chi connectivity index (χ0) is 8.69. The second-order valence-corrected chi connectivity index (χ2v) is 2.46. The Morgan fingerprint density at radius 1 is 1.64 bits per heavy atom. The van der Waals surface area contributed by atoms with Gasteiger partial charge < -0.3 is 0 Å². The maximum atomic E-state index is 10.1. The number of carbonyl (C=O) groups excluding carboxylic acids is 2. The van der Waals surface area contributed by atoms with E-state index >= 15 is 0 Å². The van der Waals surface area contributed by atoms with E-state index in [4.69, 9.17) is 5.26 Å². The minimum Gasteiger partial charge on any atom is -0.285 e. The quantitative estimate of drug-likeness (QED) is 0.512. The van der Waals surface area contributed by atoms with Crippen LogP contribution in [0.3, 0.4) is 0 Å². The summed E-state index contributed by atoms with van der Waals surface area (Å²) in [5.41, 5.74) is 0. The highest BCUT2D eigenvalue weighted by atomic mass is 32.2. The zero-order valence-corrected chi connectivity index (χ0v) is 6.85. The van der Waals surface area contributed by atoms with Crippen molar-refractivity contribution in [3.8, 4) is 6.07 Å². The van der Waals surface area contributed by atoms with E-state index in [2.05, 4.69) is 0 Å². The molecule has 3 nitrogen and oxygen atoms in total. The summed E-state index contributed by atoms with van der Waals surface area (Å²) in [7, 11) is 0. The lowest BCUT2D eigenvalue weighted by atomic mass is 10.4. The van der Waals surface area contributed by atoms with Crippen LogP contribution in [0, 0.1) is 11.3 Å². The first-order valence-corrected chi connectivity index (χ1v) is 3.88. The maximum Gasteiger partial charge on any atom is 0.263 e. The molecule has 0 aliphatic carbocycles. The van der Waals surface area contributed by atoms with Crippen LogP contribution in [0.2, 0.25) is 0 Å². The van der Waals surface area contributed by atoms with Gasteiger partial charge in [-0.1, -0.05) is 18.7 Å². The first-order chi connectivity index (χ1) is 5.22. The minimum atomic E-state index is -0.398. The molecule has 0 aromatic carbocycles. The van der Waals surface area contributed by atoms with Gasteiger partial charge in [-0.25, -0.2) is 0 Å². The number of rotatable bonds is 0. The molecule has 0 spiro atoms. The third kappa shape index (κ3) is 4.34. The third-order valence-corrected chi connectivity index (χ3v) is 1.44. The number of thioether (sulfide) groups is 1. The standard InChI is InChI=1S/C4H2O2S.C3H5N/c5-3-1-2-7-4(3)6;1-2-3-4/h1-2H;2H2,1H3. The minimum absolute atomic E-state index is 0.375. The molecular formula is C7H7NO2S. The molecule has 1 rings (SSSR count). The van der Waals surface area contributed by atoms with E-state index in [9.17, 15) is 9.59 Å². The van der Waals surface area contributed by atoms with Crippen LogP contribution in [-0.4, -0.2) is 10.9 Å².